The Balaban J connectivity index is 2.07. The summed E-state index contributed by atoms with van der Waals surface area (Å²) in [6.07, 6.45) is 0.809. The van der Waals surface area contributed by atoms with Crippen LogP contribution in [0.1, 0.15) is 34.1 Å². The number of benzene rings is 2. The molecule has 0 aliphatic heterocycles. The van der Waals surface area contributed by atoms with E-state index < -0.39 is 23.4 Å². The molecule has 2 aromatic rings. The van der Waals surface area contributed by atoms with E-state index in [1.807, 2.05) is 6.92 Å². The smallest absolute Gasteiger partial charge is 0.271 e. The third-order valence-corrected chi connectivity index (χ3v) is 3.74. The van der Waals surface area contributed by atoms with E-state index in [1.54, 1.807) is 6.07 Å². The van der Waals surface area contributed by atoms with Crippen LogP contribution in [0.3, 0.4) is 0 Å². The van der Waals surface area contributed by atoms with Crippen molar-refractivity contribution in [3.05, 3.63) is 58.1 Å². The minimum Gasteiger partial charge on any atom is -0.493 e. The lowest BCUT2D eigenvalue weighted by Crippen LogP contribution is -2.41. The Hall–Kier alpha value is -2.87. The molecule has 0 bridgehead atoms. The third-order valence-electron chi connectivity index (χ3n) is 3.43. The SMILES string of the molecule is CCCOc1ccc(C(=O)NNC(=O)c2cc(F)c(F)cc2Cl)cc1OC. The normalized spacial score (nSPS) is 10.3. The maximum atomic E-state index is 13.3. The fourth-order valence-corrected chi connectivity index (χ4v) is 2.33. The second-order valence-corrected chi connectivity index (χ2v) is 5.78. The molecule has 0 saturated heterocycles. The molecule has 0 aliphatic carbocycles. The molecule has 2 aromatic carbocycles. The van der Waals surface area contributed by atoms with Gasteiger partial charge in [-0.3, -0.25) is 20.4 Å². The summed E-state index contributed by atoms with van der Waals surface area (Å²) in [4.78, 5) is 24.2. The van der Waals surface area contributed by atoms with E-state index in [0.29, 0.717) is 30.2 Å². The average molecular weight is 399 g/mol. The first-order valence-corrected chi connectivity index (χ1v) is 8.31. The molecule has 0 fully saturated rings. The van der Waals surface area contributed by atoms with Crippen molar-refractivity contribution in [1.29, 1.82) is 0 Å². The van der Waals surface area contributed by atoms with Gasteiger partial charge in [0.05, 0.1) is 24.3 Å². The van der Waals surface area contributed by atoms with Crippen LogP contribution < -0.4 is 20.3 Å². The highest BCUT2D eigenvalue weighted by Gasteiger charge is 2.17. The Morgan fingerprint density at radius 1 is 1.04 bits per heavy atom. The molecule has 2 amide bonds. The molecule has 0 atom stereocenters. The summed E-state index contributed by atoms with van der Waals surface area (Å²) in [5, 5.41) is -0.292. The highest BCUT2D eigenvalue weighted by molar-refractivity contribution is 6.33. The fraction of sp³-hybridized carbons (Fsp3) is 0.222. The number of ether oxygens (including phenoxy) is 2. The maximum absolute atomic E-state index is 13.3. The number of nitrogens with one attached hydrogen (secondary N) is 2. The second kappa shape index (κ2) is 9.18. The zero-order valence-corrected chi connectivity index (χ0v) is 15.3. The van der Waals surface area contributed by atoms with E-state index in [9.17, 15) is 18.4 Å². The predicted octanol–water partition coefficient (Wildman–Crippen LogP) is 3.49. The van der Waals surface area contributed by atoms with Gasteiger partial charge in [0, 0.05) is 5.56 Å². The van der Waals surface area contributed by atoms with Gasteiger partial charge in [-0.1, -0.05) is 18.5 Å². The number of carbonyl (C=O) groups is 2. The molecule has 0 aromatic heterocycles. The molecular formula is C18H17ClF2N2O4. The number of amides is 2. The minimum absolute atomic E-state index is 0.187. The van der Waals surface area contributed by atoms with Crippen LogP contribution in [0.25, 0.3) is 0 Å². The lowest BCUT2D eigenvalue weighted by Gasteiger charge is -2.12. The molecule has 0 aliphatic rings. The van der Waals surface area contributed by atoms with E-state index in [1.165, 1.54) is 19.2 Å². The molecule has 2 N–H and O–H groups in total. The number of methoxy groups -OCH3 is 1. The van der Waals surface area contributed by atoms with Gasteiger partial charge in [0.25, 0.3) is 11.8 Å². The van der Waals surface area contributed by atoms with Crippen LogP contribution in [-0.2, 0) is 0 Å². The number of hydrazine groups is 1. The van der Waals surface area contributed by atoms with Gasteiger partial charge in [0.1, 0.15) is 0 Å². The van der Waals surface area contributed by atoms with Crippen molar-refractivity contribution in [2.75, 3.05) is 13.7 Å². The van der Waals surface area contributed by atoms with Gasteiger partial charge in [-0.2, -0.15) is 0 Å². The standard InChI is InChI=1S/C18H17ClF2N2O4/c1-3-6-27-15-5-4-10(7-16(15)26-2)17(24)22-23-18(25)11-8-13(20)14(21)9-12(11)19/h4-5,7-9H,3,6H2,1-2H3,(H,22,24)(H,23,25). The number of rotatable bonds is 6. The van der Waals surface area contributed by atoms with Crippen LogP contribution in [0.2, 0.25) is 5.02 Å². The summed E-state index contributed by atoms with van der Waals surface area (Å²) in [6, 6.07) is 5.81. The van der Waals surface area contributed by atoms with E-state index >= 15 is 0 Å². The molecule has 27 heavy (non-hydrogen) atoms. The molecular weight excluding hydrogens is 382 g/mol. The predicted molar refractivity (Wildman–Crippen MR) is 95.1 cm³/mol. The summed E-state index contributed by atoms with van der Waals surface area (Å²) in [6.45, 7) is 2.45. The van der Waals surface area contributed by atoms with Crippen molar-refractivity contribution in [2.24, 2.45) is 0 Å². The Kier molecular flexibility index (Phi) is 6.95. The van der Waals surface area contributed by atoms with Crippen molar-refractivity contribution in [3.8, 4) is 11.5 Å². The molecule has 0 spiro atoms. The third kappa shape index (κ3) is 5.07. The first-order chi connectivity index (χ1) is 12.9. The molecule has 9 heteroatoms. The highest BCUT2D eigenvalue weighted by atomic mass is 35.5. The summed E-state index contributed by atoms with van der Waals surface area (Å²) in [5.74, 6) is -3.13. The fourth-order valence-electron chi connectivity index (χ4n) is 2.09. The van der Waals surface area contributed by atoms with Gasteiger partial charge in [0.15, 0.2) is 23.1 Å². The van der Waals surface area contributed by atoms with Crippen molar-refractivity contribution in [2.45, 2.75) is 13.3 Å². The van der Waals surface area contributed by atoms with Gasteiger partial charge in [-0.15, -0.1) is 0 Å². The van der Waals surface area contributed by atoms with Crippen LogP contribution in [0, 0.1) is 11.6 Å². The molecule has 0 saturated carbocycles. The van der Waals surface area contributed by atoms with Crippen LogP contribution in [0.5, 0.6) is 11.5 Å². The van der Waals surface area contributed by atoms with Gasteiger partial charge < -0.3 is 9.47 Å². The minimum atomic E-state index is -1.23. The zero-order chi connectivity index (χ0) is 20.0. The van der Waals surface area contributed by atoms with Crippen molar-refractivity contribution < 1.29 is 27.8 Å². The second-order valence-electron chi connectivity index (χ2n) is 5.37. The van der Waals surface area contributed by atoms with Gasteiger partial charge in [-0.05, 0) is 36.8 Å². The monoisotopic (exact) mass is 398 g/mol. The lowest BCUT2D eigenvalue weighted by molar-refractivity contribution is 0.0846. The van der Waals surface area contributed by atoms with Crippen molar-refractivity contribution >= 4 is 23.4 Å². The quantitative estimate of drug-likeness (QED) is 0.577. The highest BCUT2D eigenvalue weighted by Crippen LogP contribution is 2.28. The van der Waals surface area contributed by atoms with Gasteiger partial charge in [0.2, 0.25) is 0 Å². The Morgan fingerprint density at radius 2 is 1.70 bits per heavy atom. The van der Waals surface area contributed by atoms with Crippen molar-refractivity contribution in [1.82, 2.24) is 10.9 Å². The molecule has 144 valence electrons. The Bertz CT molecular complexity index is 861. The van der Waals surface area contributed by atoms with Gasteiger partial charge in [-0.25, -0.2) is 8.78 Å². The van der Waals surface area contributed by atoms with Gasteiger partial charge >= 0.3 is 0 Å². The molecule has 6 nitrogen and oxygen atoms in total. The van der Waals surface area contributed by atoms with Crippen molar-refractivity contribution in [3.63, 3.8) is 0 Å². The number of carbonyl (C=O) groups excluding carboxylic acids is 2. The van der Waals surface area contributed by atoms with E-state index in [4.69, 9.17) is 21.1 Å². The van der Waals surface area contributed by atoms with Crippen LogP contribution >= 0.6 is 11.6 Å². The van der Waals surface area contributed by atoms with Crippen LogP contribution in [-0.4, -0.2) is 25.5 Å². The summed E-state index contributed by atoms with van der Waals surface area (Å²) < 4.78 is 37.0. The first-order valence-electron chi connectivity index (χ1n) is 7.93. The average Bonchev–Trinajstić information content (AvgIpc) is 2.66. The number of hydrogen-bond acceptors (Lipinski definition) is 4. The van der Waals surface area contributed by atoms with Crippen LogP contribution in [0.4, 0.5) is 8.78 Å². The van der Waals surface area contributed by atoms with E-state index in [0.717, 1.165) is 6.42 Å². The largest absolute Gasteiger partial charge is 0.493 e. The number of halogens is 3. The van der Waals surface area contributed by atoms with E-state index in [2.05, 4.69) is 10.9 Å². The zero-order valence-electron chi connectivity index (χ0n) is 14.6. The Labute approximate surface area is 159 Å². The maximum Gasteiger partial charge on any atom is 0.271 e. The first kappa shape index (κ1) is 20.4. The van der Waals surface area contributed by atoms with Crippen LogP contribution in [0.15, 0.2) is 30.3 Å². The molecule has 0 heterocycles. The summed E-state index contributed by atoms with van der Waals surface area (Å²) in [7, 11) is 1.43. The molecule has 2 rings (SSSR count). The molecule has 0 unspecified atom stereocenters. The Morgan fingerprint density at radius 3 is 2.37 bits per heavy atom. The molecule has 0 radical (unpaired) electrons. The van der Waals surface area contributed by atoms with E-state index in [-0.39, 0.29) is 16.1 Å². The lowest BCUT2D eigenvalue weighted by atomic mass is 10.2. The summed E-state index contributed by atoms with van der Waals surface area (Å²) >= 11 is 5.72. The number of hydrogen-bond donors (Lipinski definition) is 2. The summed E-state index contributed by atoms with van der Waals surface area (Å²) in [5.41, 5.74) is 4.11. The topological polar surface area (TPSA) is 76.7 Å².